The van der Waals surface area contributed by atoms with Crippen molar-refractivity contribution in [2.75, 3.05) is 24.3 Å². The van der Waals surface area contributed by atoms with Crippen molar-refractivity contribution < 1.29 is 4.79 Å². The van der Waals surface area contributed by atoms with E-state index in [9.17, 15) is 4.79 Å². The van der Waals surface area contributed by atoms with Crippen LogP contribution in [-0.4, -0.2) is 25.0 Å². The summed E-state index contributed by atoms with van der Waals surface area (Å²) in [5, 5.41) is 5.17. The van der Waals surface area contributed by atoms with Crippen LogP contribution < -0.4 is 10.2 Å². The number of nitrogens with zero attached hydrogens (tertiary/aromatic N) is 2. The van der Waals surface area contributed by atoms with E-state index in [-0.39, 0.29) is 11.8 Å². The van der Waals surface area contributed by atoms with Gasteiger partial charge in [-0.1, -0.05) is 0 Å². The third kappa shape index (κ3) is 2.78. The molecule has 1 aliphatic rings. The second kappa shape index (κ2) is 5.85. The number of carbonyl (C=O) groups excluding carboxylic acids is 1. The minimum atomic E-state index is -0.0248. The Hall–Kier alpha value is -1.88. The monoisotopic (exact) mass is 301 g/mol. The van der Waals surface area contributed by atoms with E-state index in [0.29, 0.717) is 0 Å². The Kier molecular flexibility index (Phi) is 3.92. The number of aromatic nitrogens is 1. The van der Waals surface area contributed by atoms with Crippen LogP contribution in [0.2, 0.25) is 0 Å². The predicted molar refractivity (Wildman–Crippen MR) is 87.2 cm³/mol. The fourth-order valence-electron chi connectivity index (χ4n) is 2.83. The highest BCUT2D eigenvalue weighted by atomic mass is 32.1. The van der Waals surface area contributed by atoms with Crippen LogP contribution in [0.1, 0.15) is 29.2 Å². The number of rotatable bonds is 3. The Morgan fingerprint density at radius 2 is 2.29 bits per heavy atom. The standard InChI is InChI=1S/C16H19N3OS/c1-19(2)14-10-17-8-6-13(14)18-16(20)12-4-3-5-15-11(12)7-9-21-15/h6-10,12H,3-5H2,1-2H3,(H,17,18,20). The lowest BCUT2D eigenvalue weighted by atomic mass is 9.87. The zero-order valence-corrected chi connectivity index (χ0v) is 13.1. The summed E-state index contributed by atoms with van der Waals surface area (Å²) in [6.45, 7) is 0. The molecule has 1 amide bonds. The molecule has 0 saturated carbocycles. The highest BCUT2D eigenvalue weighted by Crippen LogP contribution is 2.36. The molecule has 0 spiro atoms. The number of pyridine rings is 1. The van der Waals surface area contributed by atoms with Crippen LogP contribution in [-0.2, 0) is 11.2 Å². The van der Waals surface area contributed by atoms with E-state index in [2.05, 4.69) is 21.7 Å². The van der Waals surface area contributed by atoms with E-state index in [4.69, 9.17) is 0 Å². The number of fused-ring (bicyclic) bond motifs is 1. The van der Waals surface area contributed by atoms with Crippen molar-refractivity contribution in [1.29, 1.82) is 0 Å². The molecule has 2 heterocycles. The minimum Gasteiger partial charge on any atom is -0.375 e. The van der Waals surface area contributed by atoms with Crippen LogP contribution in [0.5, 0.6) is 0 Å². The first-order valence-corrected chi connectivity index (χ1v) is 8.03. The van der Waals surface area contributed by atoms with Gasteiger partial charge in [-0.05, 0) is 42.3 Å². The van der Waals surface area contributed by atoms with Gasteiger partial charge in [0, 0.05) is 25.2 Å². The highest BCUT2D eigenvalue weighted by Gasteiger charge is 2.27. The number of nitrogens with one attached hydrogen (secondary N) is 1. The van der Waals surface area contributed by atoms with Crippen LogP contribution in [0, 0.1) is 0 Å². The van der Waals surface area contributed by atoms with Gasteiger partial charge in [-0.2, -0.15) is 0 Å². The van der Waals surface area contributed by atoms with Gasteiger partial charge in [-0.3, -0.25) is 9.78 Å². The summed E-state index contributed by atoms with van der Waals surface area (Å²) >= 11 is 1.76. The Bertz CT molecular complexity index is 650. The molecule has 0 aromatic carbocycles. The van der Waals surface area contributed by atoms with Gasteiger partial charge in [-0.15, -0.1) is 11.3 Å². The molecule has 0 radical (unpaired) electrons. The van der Waals surface area contributed by atoms with Gasteiger partial charge in [0.1, 0.15) is 0 Å². The molecule has 1 aliphatic carbocycles. The maximum atomic E-state index is 12.7. The summed E-state index contributed by atoms with van der Waals surface area (Å²) in [5.74, 6) is 0.0619. The fraction of sp³-hybridized carbons (Fsp3) is 0.375. The molecule has 0 bridgehead atoms. The Morgan fingerprint density at radius 3 is 3.10 bits per heavy atom. The molecule has 2 aromatic heterocycles. The zero-order chi connectivity index (χ0) is 14.8. The molecular weight excluding hydrogens is 282 g/mol. The van der Waals surface area contributed by atoms with Crippen molar-refractivity contribution in [1.82, 2.24) is 4.98 Å². The molecule has 2 aromatic rings. The van der Waals surface area contributed by atoms with E-state index in [1.807, 2.05) is 25.1 Å². The molecule has 0 saturated heterocycles. The second-order valence-corrected chi connectivity index (χ2v) is 6.52. The maximum absolute atomic E-state index is 12.7. The molecule has 1 unspecified atom stereocenters. The molecule has 0 aliphatic heterocycles. The Labute approximate surface area is 128 Å². The van der Waals surface area contributed by atoms with Crippen LogP contribution in [0.4, 0.5) is 11.4 Å². The number of amides is 1. The SMILES string of the molecule is CN(C)c1cnccc1NC(=O)C1CCCc2sccc21. The number of hydrogen-bond acceptors (Lipinski definition) is 4. The van der Waals surface area contributed by atoms with Gasteiger partial charge in [0.25, 0.3) is 0 Å². The number of thiophene rings is 1. The average molecular weight is 301 g/mol. The largest absolute Gasteiger partial charge is 0.375 e. The summed E-state index contributed by atoms with van der Waals surface area (Å²) in [6.07, 6.45) is 6.60. The summed E-state index contributed by atoms with van der Waals surface area (Å²) in [5.41, 5.74) is 2.96. The predicted octanol–water partition coefficient (Wildman–Crippen LogP) is 3.27. The van der Waals surface area contributed by atoms with Crippen LogP contribution >= 0.6 is 11.3 Å². The number of carbonyl (C=O) groups is 1. The fourth-order valence-corrected chi connectivity index (χ4v) is 3.81. The van der Waals surface area contributed by atoms with Crippen molar-refractivity contribution in [3.8, 4) is 0 Å². The van der Waals surface area contributed by atoms with Gasteiger partial charge < -0.3 is 10.2 Å². The first-order chi connectivity index (χ1) is 10.2. The lowest BCUT2D eigenvalue weighted by Crippen LogP contribution is -2.25. The van der Waals surface area contributed by atoms with Crippen LogP contribution in [0.25, 0.3) is 0 Å². The third-order valence-corrected chi connectivity index (χ3v) is 4.90. The quantitative estimate of drug-likeness (QED) is 0.946. The first-order valence-electron chi connectivity index (χ1n) is 7.15. The molecule has 5 heteroatoms. The van der Waals surface area contributed by atoms with Crippen LogP contribution in [0.3, 0.4) is 0 Å². The Morgan fingerprint density at radius 1 is 1.43 bits per heavy atom. The minimum absolute atomic E-state index is 0.0248. The van der Waals surface area contributed by atoms with Crippen molar-refractivity contribution >= 4 is 28.6 Å². The lowest BCUT2D eigenvalue weighted by Gasteiger charge is -2.23. The summed E-state index contributed by atoms with van der Waals surface area (Å²) < 4.78 is 0. The second-order valence-electron chi connectivity index (χ2n) is 5.52. The molecule has 4 nitrogen and oxygen atoms in total. The van der Waals surface area contributed by atoms with Crippen molar-refractivity contribution in [3.63, 3.8) is 0 Å². The molecular formula is C16H19N3OS. The normalized spacial score (nSPS) is 17.1. The van der Waals surface area contributed by atoms with Gasteiger partial charge >= 0.3 is 0 Å². The smallest absolute Gasteiger partial charge is 0.232 e. The van der Waals surface area contributed by atoms with E-state index in [1.54, 1.807) is 23.7 Å². The van der Waals surface area contributed by atoms with E-state index < -0.39 is 0 Å². The van der Waals surface area contributed by atoms with Gasteiger partial charge in [-0.25, -0.2) is 0 Å². The van der Waals surface area contributed by atoms with Crippen molar-refractivity contribution in [2.45, 2.75) is 25.2 Å². The molecule has 21 heavy (non-hydrogen) atoms. The molecule has 1 atom stereocenters. The summed E-state index contributed by atoms with van der Waals surface area (Å²) in [6, 6.07) is 3.95. The Balaban J connectivity index is 1.83. The van der Waals surface area contributed by atoms with Crippen molar-refractivity contribution in [3.05, 3.63) is 40.3 Å². The van der Waals surface area contributed by atoms with Crippen molar-refractivity contribution in [2.24, 2.45) is 0 Å². The average Bonchev–Trinajstić information content (AvgIpc) is 2.95. The number of anilines is 2. The van der Waals surface area contributed by atoms with Gasteiger partial charge in [0.05, 0.1) is 23.5 Å². The van der Waals surface area contributed by atoms with E-state index >= 15 is 0 Å². The van der Waals surface area contributed by atoms with Gasteiger partial charge in [0.2, 0.25) is 5.91 Å². The maximum Gasteiger partial charge on any atom is 0.232 e. The van der Waals surface area contributed by atoms with Crippen LogP contribution in [0.15, 0.2) is 29.9 Å². The molecule has 1 N–H and O–H groups in total. The molecule has 3 rings (SSSR count). The number of hydrogen-bond donors (Lipinski definition) is 1. The first kappa shape index (κ1) is 14.1. The zero-order valence-electron chi connectivity index (χ0n) is 12.3. The highest BCUT2D eigenvalue weighted by molar-refractivity contribution is 7.10. The summed E-state index contributed by atoms with van der Waals surface area (Å²) in [7, 11) is 3.90. The van der Waals surface area contributed by atoms with Gasteiger partial charge in [0.15, 0.2) is 0 Å². The van der Waals surface area contributed by atoms with E-state index in [0.717, 1.165) is 30.6 Å². The molecule has 0 fully saturated rings. The third-order valence-electron chi connectivity index (χ3n) is 3.91. The molecule has 110 valence electrons. The topological polar surface area (TPSA) is 45.2 Å². The lowest BCUT2D eigenvalue weighted by molar-refractivity contribution is -0.117. The summed E-state index contributed by atoms with van der Waals surface area (Å²) in [4.78, 5) is 20.1. The van der Waals surface area contributed by atoms with E-state index in [1.165, 1.54) is 10.4 Å². The number of aryl methyl sites for hydroxylation is 1.